The molecule has 3 aliphatic heterocycles. The van der Waals surface area contributed by atoms with E-state index in [-0.39, 0.29) is 5.91 Å². The van der Waals surface area contributed by atoms with Gasteiger partial charge < -0.3 is 14.2 Å². The number of amides is 2. The van der Waals surface area contributed by atoms with Gasteiger partial charge in [0.15, 0.2) is 5.60 Å². The highest BCUT2D eigenvalue weighted by Gasteiger charge is 2.72. The third-order valence-electron chi connectivity index (χ3n) is 5.28. The molecule has 1 aromatic carbocycles. The zero-order valence-electron chi connectivity index (χ0n) is 15.6. The highest BCUT2D eigenvalue weighted by atomic mass is 16.7. The largest absolute Gasteiger partial charge is 0.422 e. The first-order chi connectivity index (χ1) is 13.2. The number of ether oxygens (including phenoxy) is 3. The lowest BCUT2D eigenvalue weighted by Crippen LogP contribution is -2.52. The molecule has 4 atom stereocenters. The summed E-state index contributed by atoms with van der Waals surface area (Å²) in [4.78, 5) is 50.6. The molecule has 28 heavy (non-hydrogen) atoms. The summed E-state index contributed by atoms with van der Waals surface area (Å²) in [6.45, 7) is 4.23. The predicted molar refractivity (Wildman–Crippen MR) is 94.7 cm³/mol. The van der Waals surface area contributed by atoms with Crippen molar-refractivity contribution in [3.63, 3.8) is 0 Å². The Balaban J connectivity index is 1.74. The average molecular weight is 385 g/mol. The molecule has 0 radical (unpaired) electrons. The van der Waals surface area contributed by atoms with Gasteiger partial charge in [0.1, 0.15) is 0 Å². The highest BCUT2D eigenvalue weighted by molar-refractivity contribution is 6.23. The lowest BCUT2D eigenvalue weighted by molar-refractivity contribution is -0.226. The molecule has 0 aromatic heterocycles. The number of benzene rings is 1. The summed E-state index contributed by atoms with van der Waals surface area (Å²) >= 11 is 0. The number of carbonyl (C=O) groups excluding carboxylic acids is 4. The monoisotopic (exact) mass is 385 g/mol. The fraction of sp³-hybridized carbons (Fsp3) is 0.400. The lowest BCUT2D eigenvalue weighted by atomic mass is 9.76. The van der Waals surface area contributed by atoms with Crippen LogP contribution in [0.25, 0.3) is 0 Å². The van der Waals surface area contributed by atoms with Gasteiger partial charge in [-0.05, 0) is 25.1 Å². The molecular formula is C20H19NO7. The van der Waals surface area contributed by atoms with Gasteiger partial charge in [0, 0.05) is 13.8 Å². The Labute approximate surface area is 161 Å². The van der Waals surface area contributed by atoms with E-state index in [1.54, 1.807) is 24.3 Å². The maximum atomic E-state index is 13.3. The summed E-state index contributed by atoms with van der Waals surface area (Å²) in [6, 6.07) is 7.02. The second-order valence-corrected chi connectivity index (χ2v) is 7.20. The van der Waals surface area contributed by atoms with Crippen molar-refractivity contribution in [2.24, 2.45) is 11.8 Å². The van der Waals surface area contributed by atoms with Gasteiger partial charge in [-0.1, -0.05) is 23.8 Å². The van der Waals surface area contributed by atoms with Crippen molar-refractivity contribution in [3.05, 3.63) is 42.0 Å². The molecule has 0 saturated carbocycles. The average Bonchev–Trinajstić information content (AvgIpc) is 3.26. The minimum Gasteiger partial charge on any atom is -0.422 e. The van der Waals surface area contributed by atoms with Crippen molar-refractivity contribution in [2.45, 2.75) is 38.8 Å². The van der Waals surface area contributed by atoms with Crippen LogP contribution in [0.2, 0.25) is 0 Å². The lowest BCUT2D eigenvalue weighted by Gasteiger charge is -2.34. The molecule has 2 fully saturated rings. The topological polar surface area (TPSA) is 99.2 Å². The van der Waals surface area contributed by atoms with Crippen LogP contribution < -0.4 is 4.90 Å². The molecule has 0 spiro atoms. The van der Waals surface area contributed by atoms with Gasteiger partial charge in [-0.15, -0.1) is 0 Å². The van der Waals surface area contributed by atoms with Crippen LogP contribution in [0.15, 0.2) is 36.4 Å². The summed E-state index contributed by atoms with van der Waals surface area (Å²) in [5.41, 5.74) is -0.0748. The number of aryl methyl sites for hydroxylation is 1. The van der Waals surface area contributed by atoms with Crippen molar-refractivity contribution in [2.75, 3.05) is 4.90 Å². The maximum absolute atomic E-state index is 13.3. The Kier molecular flexibility index (Phi) is 4.11. The zero-order valence-corrected chi connectivity index (χ0v) is 15.6. The first-order valence-corrected chi connectivity index (χ1v) is 8.90. The molecule has 0 unspecified atom stereocenters. The SMILES string of the molecule is CC(=O)OC(OC(C)=O)[C@@]12C=C[C@H](O1)[C@@H]1C(=O)N(c3ccc(C)cc3)C(=O)[C@H]12. The number of nitrogens with zero attached hydrogens (tertiary/aromatic N) is 1. The molecule has 8 nitrogen and oxygen atoms in total. The minimum absolute atomic E-state index is 0.389. The summed E-state index contributed by atoms with van der Waals surface area (Å²) in [5.74, 6) is -3.99. The Hall–Kier alpha value is -3.00. The van der Waals surface area contributed by atoms with Crippen LogP contribution in [0.5, 0.6) is 0 Å². The van der Waals surface area contributed by atoms with E-state index in [0.717, 1.165) is 24.3 Å². The van der Waals surface area contributed by atoms with Gasteiger partial charge in [0.25, 0.3) is 6.29 Å². The molecule has 3 heterocycles. The van der Waals surface area contributed by atoms with Crippen molar-refractivity contribution < 1.29 is 33.4 Å². The first kappa shape index (κ1) is 18.4. The van der Waals surface area contributed by atoms with Gasteiger partial charge in [-0.2, -0.15) is 0 Å². The van der Waals surface area contributed by atoms with Gasteiger partial charge in [-0.3, -0.25) is 19.2 Å². The molecular weight excluding hydrogens is 366 g/mol. The van der Waals surface area contributed by atoms with Crippen LogP contribution >= 0.6 is 0 Å². The molecule has 2 amide bonds. The molecule has 2 saturated heterocycles. The van der Waals surface area contributed by atoms with Crippen molar-refractivity contribution >= 4 is 29.4 Å². The number of hydrogen-bond acceptors (Lipinski definition) is 7. The van der Waals surface area contributed by atoms with Gasteiger partial charge in [0.05, 0.1) is 23.6 Å². The number of anilines is 1. The van der Waals surface area contributed by atoms with Crippen molar-refractivity contribution in [1.82, 2.24) is 0 Å². The zero-order chi connectivity index (χ0) is 20.2. The van der Waals surface area contributed by atoms with E-state index in [0.29, 0.717) is 5.69 Å². The molecule has 1 aromatic rings. The summed E-state index contributed by atoms with van der Waals surface area (Å²) < 4.78 is 16.2. The quantitative estimate of drug-likeness (QED) is 0.333. The van der Waals surface area contributed by atoms with E-state index in [9.17, 15) is 19.2 Å². The van der Waals surface area contributed by atoms with Crippen LogP contribution in [-0.2, 0) is 33.4 Å². The number of rotatable bonds is 4. The fourth-order valence-corrected chi connectivity index (χ4v) is 4.17. The van der Waals surface area contributed by atoms with Crippen LogP contribution in [0, 0.1) is 18.8 Å². The Morgan fingerprint density at radius 2 is 1.68 bits per heavy atom. The fourth-order valence-electron chi connectivity index (χ4n) is 4.17. The van der Waals surface area contributed by atoms with Crippen molar-refractivity contribution in [1.29, 1.82) is 0 Å². The Morgan fingerprint density at radius 1 is 1.07 bits per heavy atom. The normalized spacial score (nSPS) is 30.1. The van der Waals surface area contributed by atoms with Crippen LogP contribution in [0.1, 0.15) is 19.4 Å². The smallest absolute Gasteiger partial charge is 0.305 e. The van der Waals surface area contributed by atoms with Gasteiger partial charge in [0.2, 0.25) is 11.8 Å². The molecule has 8 heteroatoms. The third kappa shape index (κ3) is 2.56. The standard InChI is InChI=1S/C20H19NO7/c1-10-4-6-13(7-5-10)21-17(24)15-14-8-9-20(28-14,16(15)18(21)25)19(26-11(2)22)27-12(3)23/h4-9,14-16,19H,1-3H3/t14-,15-,16-,20-/m0/s1. The number of imide groups is 1. The highest BCUT2D eigenvalue weighted by Crippen LogP contribution is 2.54. The second kappa shape index (κ2) is 6.27. The molecule has 2 bridgehead atoms. The summed E-state index contributed by atoms with van der Waals surface area (Å²) in [5, 5.41) is 0. The van der Waals surface area contributed by atoms with E-state index < -0.39 is 47.7 Å². The number of hydrogen-bond donors (Lipinski definition) is 0. The summed E-state index contributed by atoms with van der Waals surface area (Å²) in [6.07, 6.45) is 1.07. The molecule has 0 N–H and O–H groups in total. The number of fused-ring (bicyclic) bond motifs is 5. The molecule has 4 rings (SSSR count). The number of carbonyl (C=O) groups is 4. The van der Waals surface area contributed by atoms with Gasteiger partial charge in [-0.25, -0.2) is 4.90 Å². The molecule has 3 aliphatic rings. The number of esters is 2. The maximum Gasteiger partial charge on any atom is 0.305 e. The van der Waals surface area contributed by atoms with Crippen LogP contribution in [-0.4, -0.2) is 41.7 Å². The van der Waals surface area contributed by atoms with Gasteiger partial charge >= 0.3 is 11.9 Å². The summed E-state index contributed by atoms with van der Waals surface area (Å²) in [7, 11) is 0. The third-order valence-corrected chi connectivity index (χ3v) is 5.28. The Bertz CT molecular complexity index is 890. The minimum atomic E-state index is -1.53. The van der Waals surface area contributed by atoms with E-state index >= 15 is 0 Å². The first-order valence-electron chi connectivity index (χ1n) is 8.90. The predicted octanol–water partition coefficient (Wildman–Crippen LogP) is 1.26. The van der Waals surface area contributed by atoms with E-state index in [1.807, 2.05) is 19.1 Å². The van der Waals surface area contributed by atoms with Crippen LogP contribution in [0.3, 0.4) is 0 Å². The van der Waals surface area contributed by atoms with Crippen LogP contribution in [0.4, 0.5) is 5.69 Å². The second-order valence-electron chi connectivity index (χ2n) is 7.20. The Morgan fingerprint density at radius 3 is 2.25 bits per heavy atom. The van der Waals surface area contributed by atoms with Crippen molar-refractivity contribution in [3.8, 4) is 0 Å². The van der Waals surface area contributed by atoms with E-state index in [1.165, 1.54) is 0 Å². The molecule has 0 aliphatic carbocycles. The van der Waals surface area contributed by atoms with E-state index in [4.69, 9.17) is 14.2 Å². The molecule has 146 valence electrons. The van der Waals surface area contributed by atoms with E-state index in [2.05, 4.69) is 0 Å².